The molecule has 0 aromatic carbocycles. The molecule has 0 amide bonds. The van der Waals surface area contributed by atoms with Crippen LogP contribution in [0.5, 0.6) is 0 Å². The number of thiophene rings is 1. The van der Waals surface area contributed by atoms with Crippen molar-refractivity contribution in [1.82, 2.24) is 9.97 Å². The molecule has 0 radical (unpaired) electrons. The maximum absolute atomic E-state index is 12.7. The van der Waals surface area contributed by atoms with Gasteiger partial charge in [0.2, 0.25) is 0 Å². The van der Waals surface area contributed by atoms with E-state index in [1.807, 2.05) is 0 Å². The van der Waals surface area contributed by atoms with Crippen molar-refractivity contribution in [1.29, 1.82) is 0 Å². The molecule has 2 aromatic rings. The highest BCUT2D eigenvalue weighted by atomic mass is 32.1. The second-order valence-electron chi connectivity index (χ2n) is 3.17. The van der Waals surface area contributed by atoms with Gasteiger partial charge in [-0.05, 0) is 6.92 Å². The Hall–Kier alpha value is -1.57. The number of aromatic nitrogens is 2. The molecule has 0 saturated heterocycles. The average Bonchev–Trinajstić information content (AvgIpc) is 2.39. The minimum absolute atomic E-state index is 0.00562. The normalized spacial score (nSPS) is 12.2. The van der Waals surface area contributed by atoms with Crippen LogP contribution < -0.4 is 11.4 Å². The fraction of sp³-hybridized carbons (Fsp3) is 0.250. The highest BCUT2D eigenvalue weighted by Crippen LogP contribution is 2.42. The average molecular weight is 249 g/mol. The lowest BCUT2D eigenvalue weighted by Crippen LogP contribution is -2.13. The van der Waals surface area contributed by atoms with Gasteiger partial charge in [-0.3, -0.25) is 4.98 Å². The van der Waals surface area contributed by atoms with Crippen molar-refractivity contribution in [3.8, 4) is 0 Å². The molecule has 0 aliphatic heterocycles. The number of aromatic amines is 1. The molecule has 0 saturated carbocycles. The fourth-order valence-corrected chi connectivity index (χ4v) is 2.55. The molecule has 2 aromatic heterocycles. The van der Waals surface area contributed by atoms with Crippen molar-refractivity contribution in [3.63, 3.8) is 0 Å². The molecule has 0 fully saturated rings. The molecular weight excluding hydrogens is 243 g/mol. The van der Waals surface area contributed by atoms with E-state index in [2.05, 4.69) is 9.97 Å². The minimum Gasteiger partial charge on any atom is -0.385 e. The van der Waals surface area contributed by atoms with Crippen molar-refractivity contribution in [2.24, 2.45) is 0 Å². The number of hydrogen-bond acceptors (Lipinski definition) is 4. The largest absolute Gasteiger partial charge is 0.418 e. The summed E-state index contributed by atoms with van der Waals surface area (Å²) in [4.78, 5) is 16.5. The van der Waals surface area contributed by atoms with Gasteiger partial charge >= 0.3 is 11.9 Å². The molecule has 0 atom stereocenters. The number of alkyl halides is 3. The number of rotatable bonds is 0. The second kappa shape index (κ2) is 3.21. The summed E-state index contributed by atoms with van der Waals surface area (Å²) in [6.07, 6.45) is -4.50. The van der Waals surface area contributed by atoms with Crippen molar-refractivity contribution >= 4 is 27.4 Å². The number of aryl methyl sites for hydroxylation is 1. The summed E-state index contributed by atoms with van der Waals surface area (Å²) in [7, 11) is 0. The molecule has 0 unspecified atom stereocenters. The molecule has 0 aliphatic carbocycles. The van der Waals surface area contributed by atoms with Gasteiger partial charge in [0, 0.05) is 4.88 Å². The molecule has 86 valence electrons. The first-order chi connectivity index (χ1) is 7.30. The number of halogens is 3. The fourth-order valence-electron chi connectivity index (χ4n) is 1.50. The Bertz CT molecular complexity index is 613. The first kappa shape index (κ1) is 10.9. The third-order valence-electron chi connectivity index (χ3n) is 2.06. The third kappa shape index (κ3) is 1.54. The zero-order valence-corrected chi connectivity index (χ0v) is 8.79. The maximum atomic E-state index is 12.7. The van der Waals surface area contributed by atoms with Gasteiger partial charge in [0.05, 0.1) is 10.9 Å². The van der Waals surface area contributed by atoms with Gasteiger partial charge < -0.3 is 5.73 Å². The summed E-state index contributed by atoms with van der Waals surface area (Å²) < 4.78 is 38.2. The highest BCUT2D eigenvalue weighted by molar-refractivity contribution is 7.18. The maximum Gasteiger partial charge on any atom is 0.418 e. The molecule has 2 heterocycles. The molecule has 4 nitrogen and oxygen atoms in total. The summed E-state index contributed by atoms with van der Waals surface area (Å²) in [5, 5.41) is -0.227. The Kier molecular flexibility index (Phi) is 2.19. The standard InChI is InChI=1S/C8H6F3N3OS/c1-2-4(8(9,10)11)3-5(12)13-7(15)14-6(3)16-2/h1H3,(H3,12,13,14,15). The lowest BCUT2D eigenvalue weighted by Gasteiger charge is -2.07. The Balaban J connectivity index is 2.95. The van der Waals surface area contributed by atoms with Gasteiger partial charge in [-0.2, -0.15) is 18.2 Å². The molecule has 0 bridgehead atoms. The molecule has 3 N–H and O–H groups in total. The number of nitrogen functional groups attached to an aromatic ring is 1. The lowest BCUT2D eigenvalue weighted by molar-refractivity contribution is -0.136. The summed E-state index contributed by atoms with van der Waals surface area (Å²) in [6.45, 7) is 1.32. The molecule has 8 heteroatoms. The summed E-state index contributed by atoms with van der Waals surface area (Å²) in [5.74, 6) is -0.299. The van der Waals surface area contributed by atoms with Gasteiger partial charge in [-0.15, -0.1) is 11.3 Å². The SMILES string of the molecule is Cc1sc2nc(=O)[nH]c(N)c2c1C(F)(F)F. The predicted octanol–water partition coefficient (Wildman–Crippen LogP) is 1.89. The Morgan fingerprint density at radius 3 is 2.62 bits per heavy atom. The van der Waals surface area contributed by atoms with Crippen LogP contribution in [0.4, 0.5) is 19.0 Å². The monoisotopic (exact) mass is 249 g/mol. The van der Waals surface area contributed by atoms with Crippen molar-refractivity contribution in [2.75, 3.05) is 5.73 Å². The van der Waals surface area contributed by atoms with E-state index >= 15 is 0 Å². The number of nitrogens with one attached hydrogen (secondary N) is 1. The van der Waals surface area contributed by atoms with Gasteiger partial charge in [-0.25, -0.2) is 4.79 Å². The number of nitrogens with two attached hydrogens (primary N) is 1. The molecular formula is C8H6F3N3OS. The van der Waals surface area contributed by atoms with Gasteiger partial charge in [0.1, 0.15) is 10.6 Å². The lowest BCUT2D eigenvalue weighted by atomic mass is 10.2. The smallest absolute Gasteiger partial charge is 0.385 e. The van der Waals surface area contributed by atoms with Crippen LogP contribution in [0, 0.1) is 6.92 Å². The van der Waals surface area contributed by atoms with Crippen molar-refractivity contribution in [3.05, 3.63) is 20.9 Å². The van der Waals surface area contributed by atoms with Crippen LogP contribution in [0.3, 0.4) is 0 Å². The van der Waals surface area contributed by atoms with Gasteiger partial charge in [0.15, 0.2) is 0 Å². The molecule has 16 heavy (non-hydrogen) atoms. The first-order valence-corrected chi connectivity index (χ1v) is 4.98. The van der Waals surface area contributed by atoms with E-state index in [1.54, 1.807) is 0 Å². The van der Waals surface area contributed by atoms with E-state index in [1.165, 1.54) is 6.92 Å². The number of fused-ring (bicyclic) bond motifs is 1. The zero-order valence-electron chi connectivity index (χ0n) is 7.97. The molecule has 0 aliphatic rings. The minimum atomic E-state index is -4.50. The van der Waals surface area contributed by atoms with E-state index < -0.39 is 17.4 Å². The Morgan fingerprint density at radius 1 is 1.44 bits per heavy atom. The van der Waals surface area contributed by atoms with E-state index in [9.17, 15) is 18.0 Å². The predicted molar refractivity (Wildman–Crippen MR) is 54.4 cm³/mol. The zero-order chi connectivity index (χ0) is 12.1. The molecule has 2 rings (SSSR count). The van der Waals surface area contributed by atoms with Crippen LogP contribution in [0.1, 0.15) is 10.4 Å². The van der Waals surface area contributed by atoms with Crippen LogP contribution >= 0.6 is 11.3 Å². The van der Waals surface area contributed by atoms with E-state index in [-0.39, 0.29) is 20.9 Å². The summed E-state index contributed by atoms with van der Waals surface area (Å²) >= 11 is 0.803. The number of anilines is 1. The second-order valence-corrected chi connectivity index (χ2v) is 4.37. The third-order valence-corrected chi connectivity index (χ3v) is 3.06. The van der Waals surface area contributed by atoms with Crippen LogP contribution in [-0.2, 0) is 6.18 Å². The van der Waals surface area contributed by atoms with Crippen molar-refractivity contribution < 1.29 is 13.2 Å². The van der Waals surface area contributed by atoms with Crippen molar-refractivity contribution in [2.45, 2.75) is 13.1 Å². The van der Waals surface area contributed by atoms with Crippen LogP contribution in [0.15, 0.2) is 4.79 Å². The van der Waals surface area contributed by atoms with Gasteiger partial charge in [0.25, 0.3) is 0 Å². The topological polar surface area (TPSA) is 71.8 Å². The van der Waals surface area contributed by atoms with E-state index in [0.29, 0.717) is 0 Å². The van der Waals surface area contributed by atoms with Crippen LogP contribution in [0.2, 0.25) is 0 Å². The first-order valence-electron chi connectivity index (χ1n) is 4.17. The summed E-state index contributed by atoms with van der Waals surface area (Å²) in [6, 6.07) is 0. The van der Waals surface area contributed by atoms with Gasteiger partial charge in [-0.1, -0.05) is 0 Å². The van der Waals surface area contributed by atoms with E-state index in [4.69, 9.17) is 5.73 Å². The van der Waals surface area contributed by atoms with Crippen LogP contribution in [-0.4, -0.2) is 9.97 Å². The number of nitrogens with zero attached hydrogens (tertiary/aromatic N) is 1. The Labute approximate surface area is 90.9 Å². The Morgan fingerprint density at radius 2 is 2.06 bits per heavy atom. The summed E-state index contributed by atoms with van der Waals surface area (Å²) in [5.41, 5.74) is 3.80. The van der Waals surface area contributed by atoms with Crippen LogP contribution in [0.25, 0.3) is 10.2 Å². The van der Waals surface area contributed by atoms with E-state index in [0.717, 1.165) is 11.3 Å². The molecule has 0 spiro atoms. The highest BCUT2D eigenvalue weighted by Gasteiger charge is 2.37. The number of H-pyrrole nitrogens is 1. The quantitative estimate of drug-likeness (QED) is 0.749. The number of hydrogen-bond donors (Lipinski definition) is 2.